The van der Waals surface area contributed by atoms with Crippen LogP contribution in [-0.4, -0.2) is 62.7 Å². The second kappa shape index (κ2) is 7.20. The van der Waals surface area contributed by atoms with Gasteiger partial charge in [-0.25, -0.2) is 0 Å². The summed E-state index contributed by atoms with van der Waals surface area (Å²) >= 11 is 0. The van der Waals surface area contributed by atoms with E-state index in [0.29, 0.717) is 6.04 Å². The highest BCUT2D eigenvalue weighted by Crippen LogP contribution is 2.07. The minimum Gasteiger partial charge on any atom is -0.313 e. The Morgan fingerprint density at radius 1 is 1.27 bits per heavy atom. The maximum Gasteiger partial charge on any atom is 0.0166 e. The minimum atomic E-state index is 0.644. The molecule has 1 unspecified atom stereocenters. The van der Waals surface area contributed by atoms with Gasteiger partial charge in [-0.1, -0.05) is 0 Å². The zero-order valence-electron chi connectivity index (χ0n) is 10.6. The molecule has 3 heteroatoms. The predicted molar refractivity (Wildman–Crippen MR) is 66.3 cm³/mol. The van der Waals surface area contributed by atoms with E-state index in [2.05, 4.69) is 36.1 Å². The summed E-state index contributed by atoms with van der Waals surface area (Å²) in [6.45, 7) is 8.47. The lowest BCUT2D eigenvalue weighted by Crippen LogP contribution is -2.38. The van der Waals surface area contributed by atoms with Crippen LogP contribution in [0, 0.1) is 0 Å². The summed E-state index contributed by atoms with van der Waals surface area (Å²) < 4.78 is 0. The first-order valence-electron chi connectivity index (χ1n) is 6.29. The quantitative estimate of drug-likeness (QED) is 0.637. The summed E-state index contributed by atoms with van der Waals surface area (Å²) in [4.78, 5) is 4.82. The molecule has 0 aromatic heterocycles. The smallest absolute Gasteiger partial charge is 0.0166 e. The number of nitrogens with zero attached hydrogens (tertiary/aromatic N) is 2. The Balaban J connectivity index is 1.95. The van der Waals surface area contributed by atoms with Gasteiger partial charge in [-0.3, -0.25) is 0 Å². The van der Waals surface area contributed by atoms with E-state index in [4.69, 9.17) is 0 Å². The van der Waals surface area contributed by atoms with Crippen LogP contribution in [0.25, 0.3) is 0 Å². The molecule has 3 nitrogen and oxygen atoms in total. The first-order valence-corrected chi connectivity index (χ1v) is 6.29. The van der Waals surface area contributed by atoms with Gasteiger partial charge < -0.3 is 15.1 Å². The van der Waals surface area contributed by atoms with Crippen molar-refractivity contribution in [1.29, 1.82) is 0 Å². The van der Waals surface area contributed by atoms with Crippen LogP contribution in [0.3, 0.4) is 0 Å². The molecule has 1 rings (SSSR count). The number of likely N-dealkylation sites (tertiary alicyclic amines) is 1. The molecule has 1 heterocycles. The molecule has 0 saturated carbocycles. The minimum absolute atomic E-state index is 0.644. The van der Waals surface area contributed by atoms with Crippen molar-refractivity contribution in [2.75, 3.05) is 46.8 Å². The van der Waals surface area contributed by atoms with Crippen LogP contribution in [-0.2, 0) is 0 Å². The molecule has 1 aliphatic heterocycles. The second-order valence-corrected chi connectivity index (χ2v) is 5.02. The van der Waals surface area contributed by atoms with Gasteiger partial charge in [0.25, 0.3) is 0 Å². The molecule has 0 bridgehead atoms. The van der Waals surface area contributed by atoms with Gasteiger partial charge in [-0.15, -0.1) is 0 Å². The van der Waals surface area contributed by atoms with E-state index < -0.39 is 0 Å². The average Bonchev–Trinajstić information content (AvgIpc) is 2.64. The summed E-state index contributed by atoms with van der Waals surface area (Å²) in [5.41, 5.74) is 0. The lowest BCUT2D eigenvalue weighted by molar-refractivity contribution is 0.295. The van der Waals surface area contributed by atoms with Gasteiger partial charge in [0.1, 0.15) is 0 Å². The van der Waals surface area contributed by atoms with Crippen LogP contribution < -0.4 is 5.32 Å². The summed E-state index contributed by atoms with van der Waals surface area (Å²) in [5.74, 6) is 0. The molecule has 0 aliphatic carbocycles. The third-order valence-electron chi connectivity index (χ3n) is 3.01. The molecule has 0 aromatic carbocycles. The number of hydrogen-bond donors (Lipinski definition) is 1. The molecule has 1 N–H and O–H groups in total. The molecule has 1 fully saturated rings. The Morgan fingerprint density at radius 2 is 1.93 bits per heavy atom. The lowest BCUT2D eigenvalue weighted by atomic mass is 10.3. The van der Waals surface area contributed by atoms with Gasteiger partial charge in [-0.05, 0) is 66.5 Å². The maximum absolute atomic E-state index is 3.60. The fraction of sp³-hybridized carbons (Fsp3) is 1.00. The zero-order chi connectivity index (χ0) is 11.1. The molecule has 15 heavy (non-hydrogen) atoms. The van der Waals surface area contributed by atoms with E-state index in [-0.39, 0.29) is 0 Å². The number of rotatable bonds is 7. The van der Waals surface area contributed by atoms with Gasteiger partial charge in [0, 0.05) is 12.6 Å². The number of nitrogens with one attached hydrogen (secondary N) is 1. The molecule has 90 valence electrons. The Bertz CT molecular complexity index is 153. The van der Waals surface area contributed by atoms with Crippen molar-refractivity contribution in [2.45, 2.75) is 32.2 Å². The Hall–Kier alpha value is -0.120. The van der Waals surface area contributed by atoms with Crippen LogP contribution in [0.4, 0.5) is 0 Å². The molecular weight excluding hydrogens is 186 g/mol. The maximum atomic E-state index is 3.60. The summed E-state index contributed by atoms with van der Waals surface area (Å²) in [6, 6.07) is 0.644. The molecule has 0 spiro atoms. The lowest BCUT2D eigenvalue weighted by Gasteiger charge is -2.21. The monoisotopic (exact) mass is 213 g/mol. The zero-order valence-corrected chi connectivity index (χ0v) is 10.6. The van der Waals surface area contributed by atoms with Crippen LogP contribution in [0.1, 0.15) is 26.2 Å². The van der Waals surface area contributed by atoms with E-state index in [9.17, 15) is 0 Å². The predicted octanol–water partition coefficient (Wildman–Crippen LogP) is 1.01. The average molecular weight is 213 g/mol. The fourth-order valence-electron chi connectivity index (χ4n) is 2.16. The molecular formula is C12H27N3. The topological polar surface area (TPSA) is 18.5 Å². The van der Waals surface area contributed by atoms with E-state index in [1.54, 1.807) is 0 Å². The SMILES string of the molecule is CC(CN1CCCC1)NCCCN(C)C. The third kappa shape index (κ3) is 6.13. The van der Waals surface area contributed by atoms with Crippen molar-refractivity contribution in [3.8, 4) is 0 Å². The second-order valence-electron chi connectivity index (χ2n) is 5.02. The summed E-state index contributed by atoms with van der Waals surface area (Å²) in [5, 5.41) is 3.60. The molecule has 0 aromatic rings. The Labute approximate surface area is 94.8 Å². The van der Waals surface area contributed by atoms with Crippen LogP contribution in [0.2, 0.25) is 0 Å². The van der Waals surface area contributed by atoms with Crippen LogP contribution >= 0.6 is 0 Å². The molecule has 0 radical (unpaired) electrons. The van der Waals surface area contributed by atoms with Crippen molar-refractivity contribution < 1.29 is 0 Å². The molecule has 1 saturated heterocycles. The first-order chi connectivity index (χ1) is 7.18. The Kier molecular flexibility index (Phi) is 6.22. The van der Waals surface area contributed by atoms with E-state index in [0.717, 1.165) is 6.54 Å². The fourth-order valence-corrected chi connectivity index (χ4v) is 2.16. The van der Waals surface area contributed by atoms with Gasteiger partial charge in [0.15, 0.2) is 0 Å². The highest BCUT2D eigenvalue weighted by Gasteiger charge is 2.13. The van der Waals surface area contributed by atoms with Crippen molar-refractivity contribution >= 4 is 0 Å². The van der Waals surface area contributed by atoms with Crippen molar-refractivity contribution in [3.05, 3.63) is 0 Å². The molecule has 1 atom stereocenters. The van der Waals surface area contributed by atoms with Crippen molar-refractivity contribution in [3.63, 3.8) is 0 Å². The van der Waals surface area contributed by atoms with Crippen LogP contribution in [0.15, 0.2) is 0 Å². The standard InChI is InChI=1S/C12H27N3/c1-12(11-15-9-4-5-10-15)13-7-6-8-14(2)3/h12-13H,4-11H2,1-3H3. The molecule has 0 amide bonds. The van der Waals surface area contributed by atoms with E-state index >= 15 is 0 Å². The number of hydrogen-bond acceptors (Lipinski definition) is 3. The highest BCUT2D eigenvalue weighted by molar-refractivity contribution is 4.72. The van der Waals surface area contributed by atoms with E-state index in [1.807, 2.05) is 0 Å². The summed E-state index contributed by atoms with van der Waals surface area (Å²) in [7, 11) is 4.27. The van der Waals surface area contributed by atoms with Gasteiger partial charge in [-0.2, -0.15) is 0 Å². The van der Waals surface area contributed by atoms with Gasteiger partial charge in [0.05, 0.1) is 0 Å². The van der Waals surface area contributed by atoms with Gasteiger partial charge in [0.2, 0.25) is 0 Å². The third-order valence-corrected chi connectivity index (χ3v) is 3.01. The first kappa shape index (κ1) is 12.9. The molecule has 1 aliphatic rings. The van der Waals surface area contributed by atoms with Crippen molar-refractivity contribution in [2.24, 2.45) is 0 Å². The van der Waals surface area contributed by atoms with E-state index in [1.165, 1.54) is 45.4 Å². The summed E-state index contributed by atoms with van der Waals surface area (Å²) in [6.07, 6.45) is 4.04. The van der Waals surface area contributed by atoms with Crippen molar-refractivity contribution in [1.82, 2.24) is 15.1 Å². The normalized spacial score (nSPS) is 20.0. The van der Waals surface area contributed by atoms with Crippen LogP contribution in [0.5, 0.6) is 0 Å². The highest BCUT2D eigenvalue weighted by atomic mass is 15.2. The largest absolute Gasteiger partial charge is 0.313 e. The Morgan fingerprint density at radius 3 is 2.53 bits per heavy atom. The van der Waals surface area contributed by atoms with Gasteiger partial charge >= 0.3 is 0 Å².